The molecule has 9 heteroatoms. The summed E-state index contributed by atoms with van der Waals surface area (Å²) >= 11 is 1.38. The molecule has 0 spiro atoms. The molecule has 2 aromatic rings. The summed E-state index contributed by atoms with van der Waals surface area (Å²) in [5, 5.41) is 15.4. The first kappa shape index (κ1) is 15.6. The van der Waals surface area contributed by atoms with Crippen LogP contribution >= 0.6 is 11.3 Å². The number of nitrogens with zero attached hydrogens (tertiary/aromatic N) is 4. The molecule has 1 amide bonds. The van der Waals surface area contributed by atoms with Crippen LogP contribution in [0.2, 0.25) is 0 Å². The fourth-order valence-corrected chi connectivity index (χ4v) is 3.19. The number of aromatic nitrogens is 3. The number of carboxylic acids is 1. The van der Waals surface area contributed by atoms with Crippen molar-refractivity contribution in [3.05, 3.63) is 23.5 Å². The Morgan fingerprint density at radius 2 is 2.35 bits per heavy atom. The van der Waals surface area contributed by atoms with Crippen LogP contribution in [0.4, 0.5) is 0 Å². The van der Waals surface area contributed by atoms with Gasteiger partial charge in [-0.25, -0.2) is 4.98 Å². The van der Waals surface area contributed by atoms with Gasteiger partial charge < -0.3 is 14.7 Å². The molecule has 1 aliphatic heterocycles. The van der Waals surface area contributed by atoms with Gasteiger partial charge in [0.1, 0.15) is 10.7 Å². The van der Waals surface area contributed by atoms with Gasteiger partial charge in [0.2, 0.25) is 0 Å². The molecule has 1 fully saturated rings. The number of aliphatic carboxylic acids is 1. The third kappa shape index (κ3) is 3.57. The van der Waals surface area contributed by atoms with E-state index in [2.05, 4.69) is 10.1 Å². The Morgan fingerprint density at radius 1 is 1.52 bits per heavy atom. The Labute approximate surface area is 136 Å². The molecule has 1 aliphatic rings. The highest BCUT2D eigenvalue weighted by atomic mass is 32.1. The van der Waals surface area contributed by atoms with Crippen molar-refractivity contribution in [1.82, 2.24) is 19.7 Å². The molecule has 0 aromatic carbocycles. The Kier molecular flexibility index (Phi) is 4.39. The van der Waals surface area contributed by atoms with Crippen LogP contribution < -0.4 is 0 Å². The SMILES string of the molecule is Cn1cc(-c2nc(C(=O)N3CCOC(CC(=O)O)C3)cs2)cn1. The quantitative estimate of drug-likeness (QED) is 0.889. The summed E-state index contributed by atoms with van der Waals surface area (Å²) in [6.45, 7) is 1.04. The second-order valence-corrected chi connectivity index (χ2v) is 6.14. The summed E-state index contributed by atoms with van der Waals surface area (Å²) in [5.41, 5.74) is 1.23. The van der Waals surface area contributed by atoms with Crippen LogP contribution in [0.25, 0.3) is 10.6 Å². The minimum absolute atomic E-state index is 0.109. The van der Waals surface area contributed by atoms with Crippen molar-refractivity contribution in [3.8, 4) is 10.6 Å². The van der Waals surface area contributed by atoms with Crippen LogP contribution in [0.15, 0.2) is 17.8 Å². The van der Waals surface area contributed by atoms with Crippen LogP contribution in [0.1, 0.15) is 16.9 Å². The molecular weight excluding hydrogens is 320 g/mol. The number of carboxylic acid groups (broad SMARTS) is 1. The van der Waals surface area contributed by atoms with Crippen LogP contribution in [0.3, 0.4) is 0 Å². The number of aryl methyl sites for hydroxylation is 1. The van der Waals surface area contributed by atoms with Gasteiger partial charge in [-0.15, -0.1) is 11.3 Å². The number of thiazole rings is 1. The second kappa shape index (κ2) is 6.47. The predicted molar refractivity (Wildman–Crippen MR) is 82.2 cm³/mol. The van der Waals surface area contributed by atoms with Gasteiger partial charge in [0.05, 0.1) is 25.3 Å². The van der Waals surface area contributed by atoms with Crippen LogP contribution in [-0.2, 0) is 16.6 Å². The first-order valence-electron chi connectivity index (χ1n) is 7.10. The van der Waals surface area contributed by atoms with E-state index in [0.29, 0.717) is 18.8 Å². The molecule has 0 radical (unpaired) electrons. The van der Waals surface area contributed by atoms with E-state index in [1.165, 1.54) is 11.3 Å². The van der Waals surface area contributed by atoms with Crippen molar-refractivity contribution in [2.75, 3.05) is 19.7 Å². The number of carbonyl (C=O) groups excluding carboxylic acids is 1. The van der Waals surface area contributed by atoms with E-state index >= 15 is 0 Å². The molecule has 23 heavy (non-hydrogen) atoms. The smallest absolute Gasteiger partial charge is 0.306 e. The van der Waals surface area contributed by atoms with Crippen LogP contribution in [-0.4, -0.2) is 62.4 Å². The lowest BCUT2D eigenvalue weighted by molar-refractivity contribution is -0.141. The zero-order valence-corrected chi connectivity index (χ0v) is 13.3. The molecular formula is C14H16N4O4S. The number of hydrogen-bond acceptors (Lipinski definition) is 6. The number of morpholine rings is 1. The van der Waals surface area contributed by atoms with Crippen molar-refractivity contribution >= 4 is 23.2 Å². The van der Waals surface area contributed by atoms with E-state index in [1.54, 1.807) is 21.2 Å². The summed E-state index contributed by atoms with van der Waals surface area (Å²) in [4.78, 5) is 29.3. The Balaban J connectivity index is 1.70. The maximum Gasteiger partial charge on any atom is 0.306 e. The molecule has 0 aliphatic carbocycles. The summed E-state index contributed by atoms with van der Waals surface area (Å²) in [6, 6.07) is 0. The molecule has 0 saturated carbocycles. The summed E-state index contributed by atoms with van der Waals surface area (Å²) in [7, 11) is 1.82. The normalized spacial score (nSPS) is 18.1. The lowest BCUT2D eigenvalue weighted by Gasteiger charge is -2.31. The Morgan fingerprint density at radius 3 is 3.04 bits per heavy atom. The largest absolute Gasteiger partial charge is 0.481 e. The molecule has 122 valence electrons. The van der Waals surface area contributed by atoms with Crippen molar-refractivity contribution in [2.24, 2.45) is 7.05 Å². The first-order chi connectivity index (χ1) is 11.0. The standard InChI is InChI=1S/C14H16N4O4S/c1-17-6-9(5-15-17)13-16-11(8-23-13)14(21)18-2-3-22-10(7-18)4-12(19)20/h5-6,8,10H,2-4,7H2,1H3,(H,19,20). The lowest BCUT2D eigenvalue weighted by Crippen LogP contribution is -2.46. The Hall–Kier alpha value is -2.26. The molecule has 0 bridgehead atoms. The highest BCUT2D eigenvalue weighted by molar-refractivity contribution is 7.13. The summed E-state index contributed by atoms with van der Waals surface area (Å²) < 4.78 is 7.06. The minimum Gasteiger partial charge on any atom is -0.481 e. The highest BCUT2D eigenvalue weighted by Gasteiger charge is 2.27. The fourth-order valence-electron chi connectivity index (χ4n) is 2.42. The fraction of sp³-hybridized carbons (Fsp3) is 0.429. The van der Waals surface area contributed by atoms with E-state index in [-0.39, 0.29) is 18.9 Å². The average Bonchev–Trinajstić information content (AvgIpc) is 3.15. The van der Waals surface area contributed by atoms with Crippen molar-refractivity contribution in [2.45, 2.75) is 12.5 Å². The van der Waals surface area contributed by atoms with Crippen molar-refractivity contribution in [1.29, 1.82) is 0 Å². The number of amides is 1. The summed E-state index contributed by atoms with van der Waals surface area (Å²) in [5.74, 6) is -1.13. The van der Waals surface area contributed by atoms with E-state index in [9.17, 15) is 9.59 Å². The number of rotatable bonds is 4. The monoisotopic (exact) mass is 336 g/mol. The van der Waals surface area contributed by atoms with Gasteiger partial charge >= 0.3 is 5.97 Å². The molecule has 1 atom stereocenters. The first-order valence-corrected chi connectivity index (χ1v) is 7.98. The Bertz CT molecular complexity index is 726. The second-order valence-electron chi connectivity index (χ2n) is 5.28. The summed E-state index contributed by atoms with van der Waals surface area (Å²) in [6.07, 6.45) is 2.96. The zero-order chi connectivity index (χ0) is 16.4. The third-order valence-corrected chi connectivity index (χ3v) is 4.39. The van der Waals surface area contributed by atoms with E-state index in [0.717, 1.165) is 10.6 Å². The van der Waals surface area contributed by atoms with Gasteiger partial charge in [0.15, 0.2) is 0 Å². The molecule has 8 nitrogen and oxygen atoms in total. The van der Waals surface area contributed by atoms with Crippen LogP contribution in [0.5, 0.6) is 0 Å². The lowest BCUT2D eigenvalue weighted by atomic mass is 10.2. The van der Waals surface area contributed by atoms with Gasteiger partial charge in [-0.3, -0.25) is 14.3 Å². The van der Waals surface area contributed by atoms with Gasteiger partial charge in [0.25, 0.3) is 5.91 Å². The maximum absolute atomic E-state index is 12.5. The van der Waals surface area contributed by atoms with Gasteiger partial charge in [-0.1, -0.05) is 0 Å². The van der Waals surface area contributed by atoms with Gasteiger partial charge in [0, 0.05) is 37.3 Å². The number of ether oxygens (including phenoxy) is 1. The van der Waals surface area contributed by atoms with E-state index in [1.807, 2.05) is 13.2 Å². The molecule has 1 unspecified atom stereocenters. The van der Waals surface area contributed by atoms with Gasteiger partial charge in [-0.05, 0) is 0 Å². The van der Waals surface area contributed by atoms with Crippen molar-refractivity contribution < 1.29 is 19.4 Å². The molecule has 2 aromatic heterocycles. The molecule has 1 saturated heterocycles. The predicted octanol–water partition coefficient (Wildman–Crippen LogP) is 0.859. The molecule has 3 heterocycles. The van der Waals surface area contributed by atoms with E-state index in [4.69, 9.17) is 9.84 Å². The average molecular weight is 336 g/mol. The third-order valence-electron chi connectivity index (χ3n) is 3.50. The minimum atomic E-state index is -0.933. The molecule has 1 N–H and O–H groups in total. The zero-order valence-electron chi connectivity index (χ0n) is 12.5. The van der Waals surface area contributed by atoms with Crippen LogP contribution in [0, 0.1) is 0 Å². The number of hydrogen-bond donors (Lipinski definition) is 1. The van der Waals surface area contributed by atoms with E-state index < -0.39 is 12.1 Å². The number of carbonyl (C=O) groups is 2. The topological polar surface area (TPSA) is 97.6 Å². The van der Waals surface area contributed by atoms with Crippen molar-refractivity contribution in [3.63, 3.8) is 0 Å². The van der Waals surface area contributed by atoms with Gasteiger partial charge in [-0.2, -0.15) is 5.10 Å². The highest BCUT2D eigenvalue weighted by Crippen LogP contribution is 2.24. The maximum atomic E-state index is 12.5. The molecule has 3 rings (SSSR count).